The van der Waals surface area contributed by atoms with Crippen molar-refractivity contribution in [3.63, 3.8) is 0 Å². The highest BCUT2D eigenvalue weighted by Crippen LogP contribution is 2.31. The van der Waals surface area contributed by atoms with Crippen LogP contribution in [0.1, 0.15) is 0 Å². The Kier molecular flexibility index (Phi) is 6.28. The van der Waals surface area contributed by atoms with Crippen LogP contribution in [0.15, 0.2) is 0 Å². The molecule has 0 aliphatic carbocycles. The maximum absolute atomic E-state index is 11.9. The molecule has 1 heterocycles. The highest BCUT2D eigenvalue weighted by atomic mass is 32.2. The van der Waals surface area contributed by atoms with Crippen molar-refractivity contribution in [3.05, 3.63) is 0 Å². The Morgan fingerprint density at radius 3 is 1.95 bits per heavy atom. The largest absolute Gasteiger partial charge is 0.616 e. The second-order valence-corrected chi connectivity index (χ2v) is 11.0. The van der Waals surface area contributed by atoms with Crippen LogP contribution in [0.3, 0.4) is 0 Å². The first-order valence-corrected chi connectivity index (χ1v) is 11.5. The molecule has 0 saturated carbocycles. The average molecular weight is 318 g/mol. The first kappa shape index (κ1) is 16.9. The second-order valence-electron chi connectivity index (χ2n) is 4.84. The quantitative estimate of drug-likeness (QED) is 0.400. The fraction of sp³-hybridized carbons (Fsp3) is 0.667. The minimum Gasteiger partial charge on any atom is -0.616 e. The van der Waals surface area contributed by atoms with Crippen LogP contribution in [0.5, 0.6) is 0 Å². The van der Waals surface area contributed by atoms with Gasteiger partial charge in [-0.15, -0.1) is 12.8 Å². The molecule has 0 bridgehead atoms. The van der Waals surface area contributed by atoms with E-state index in [1.54, 1.807) is 0 Å². The van der Waals surface area contributed by atoms with Crippen molar-refractivity contribution in [2.24, 2.45) is 0 Å². The summed E-state index contributed by atoms with van der Waals surface area (Å²) in [5, 5.41) is 0. The third-order valence-corrected chi connectivity index (χ3v) is 6.92. The van der Waals surface area contributed by atoms with Crippen LogP contribution in [0, 0.1) is 24.7 Å². The minimum atomic E-state index is -2.23. The summed E-state index contributed by atoms with van der Waals surface area (Å²) in [6.07, 6.45) is 10.3. The fourth-order valence-corrected chi connectivity index (χ4v) is 6.44. The smallest absolute Gasteiger partial charge is 0.332 e. The van der Waals surface area contributed by atoms with E-state index in [0.29, 0.717) is 6.61 Å². The van der Waals surface area contributed by atoms with Gasteiger partial charge in [-0.3, -0.25) is 0 Å². The lowest BCUT2D eigenvalue weighted by Gasteiger charge is -2.29. The van der Waals surface area contributed by atoms with Crippen molar-refractivity contribution in [1.82, 2.24) is 0 Å². The number of hydrogen-bond donors (Lipinski definition) is 0. The summed E-state index contributed by atoms with van der Waals surface area (Å²) < 4.78 is 35.4. The topological polar surface area (TPSA) is 64.6 Å². The van der Waals surface area contributed by atoms with Gasteiger partial charge in [-0.1, -0.05) is 11.8 Å². The molecule has 4 nitrogen and oxygen atoms in total. The zero-order valence-electron chi connectivity index (χ0n) is 11.1. The van der Waals surface area contributed by atoms with Gasteiger partial charge in [0.2, 0.25) is 0 Å². The van der Waals surface area contributed by atoms with E-state index < -0.39 is 36.5 Å². The van der Waals surface area contributed by atoms with E-state index >= 15 is 0 Å². The lowest BCUT2D eigenvalue weighted by Crippen LogP contribution is -2.48. The highest BCUT2D eigenvalue weighted by Gasteiger charge is 2.52. The van der Waals surface area contributed by atoms with Gasteiger partial charge in [0.25, 0.3) is 0 Å². The van der Waals surface area contributed by atoms with Crippen LogP contribution in [-0.2, 0) is 31.2 Å². The van der Waals surface area contributed by atoms with Crippen molar-refractivity contribution in [1.29, 1.82) is 0 Å². The molecule has 19 heavy (non-hydrogen) atoms. The van der Waals surface area contributed by atoms with E-state index in [-0.39, 0.29) is 23.0 Å². The molecule has 1 aliphatic rings. The standard InChI is InChI=1S/C12H18O4S2Si/c1-5-7-17(13)10-12(11-18(14)8-6-2)9-15-19(3,4)16-12/h1-2H,7-11H2,3-4H3. The van der Waals surface area contributed by atoms with Gasteiger partial charge in [-0.2, -0.15) is 0 Å². The number of hydrogen-bond acceptors (Lipinski definition) is 4. The Hall–Kier alpha value is -0.123. The summed E-state index contributed by atoms with van der Waals surface area (Å²) in [5.41, 5.74) is -0.779. The van der Waals surface area contributed by atoms with Gasteiger partial charge in [-0.05, 0) is 35.4 Å². The van der Waals surface area contributed by atoms with Crippen LogP contribution < -0.4 is 0 Å². The average Bonchev–Trinajstić information content (AvgIpc) is 2.54. The molecule has 0 amide bonds. The summed E-state index contributed by atoms with van der Waals surface area (Å²) in [7, 11) is -2.23. The molecule has 2 unspecified atom stereocenters. The molecule has 2 atom stereocenters. The monoisotopic (exact) mass is 318 g/mol. The van der Waals surface area contributed by atoms with Crippen molar-refractivity contribution >= 4 is 30.9 Å². The normalized spacial score (nSPS) is 28.3. The number of rotatable bonds is 6. The van der Waals surface area contributed by atoms with Gasteiger partial charge < -0.3 is 18.0 Å². The molecule has 0 radical (unpaired) electrons. The first-order valence-electron chi connectivity index (χ1n) is 5.73. The molecule has 1 aliphatic heterocycles. The van der Waals surface area contributed by atoms with Crippen molar-refractivity contribution in [3.8, 4) is 24.7 Å². The first-order chi connectivity index (χ1) is 8.82. The van der Waals surface area contributed by atoms with E-state index in [4.69, 9.17) is 21.7 Å². The van der Waals surface area contributed by atoms with E-state index in [1.807, 2.05) is 13.1 Å². The van der Waals surface area contributed by atoms with E-state index in [2.05, 4.69) is 11.8 Å². The minimum absolute atomic E-state index is 0.162. The Balaban J connectivity index is 2.75. The predicted octanol–water partition coefficient (Wildman–Crippen LogP) is 0.238. The maximum Gasteiger partial charge on any atom is 0.332 e. The van der Waals surface area contributed by atoms with Gasteiger partial charge >= 0.3 is 8.56 Å². The molecule has 1 saturated heterocycles. The molecule has 0 aromatic carbocycles. The van der Waals surface area contributed by atoms with Crippen LogP contribution in [0.2, 0.25) is 13.1 Å². The van der Waals surface area contributed by atoms with Crippen molar-refractivity contribution in [2.75, 3.05) is 29.6 Å². The van der Waals surface area contributed by atoms with Crippen LogP contribution in [0.25, 0.3) is 0 Å². The molecule has 0 aromatic rings. The zero-order valence-corrected chi connectivity index (χ0v) is 13.8. The van der Waals surface area contributed by atoms with Crippen molar-refractivity contribution in [2.45, 2.75) is 18.7 Å². The lowest BCUT2D eigenvalue weighted by molar-refractivity contribution is 0.139. The van der Waals surface area contributed by atoms with Crippen LogP contribution in [-0.4, -0.2) is 52.9 Å². The van der Waals surface area contributed by atoms with E-state index in [1.165, 1.54) is 0 Å². The summed E-state index contributed by atoms with van der Waals surface area (Å²) >= 11 is -2.42. The van der Waals surface area contributed by atoms with Crippen LogP contribution in [0.4, 0.5) is 0 Å². The van der Waals surface area contributed by atoms with Gasteiger partial charge in [0.15, 0.2) is 17.1 Å². The number of terminal acetylenes is 2. The molecule has 0 aromatic heterocycles. The van der Waals surface area contributed by atoms with Crippen molar-refractivity contribution < 1.29 is 18.0 Å². The van der Waals surface area contributed by atoms with E-state index in [9.17, 15) is 9.11 Å². The molecule has 0 N–H and O–H groups in total. The Bertz CT molecular complexity index is 364. The molecule has 1 fully saturated rings. The molecular formula is C12H18O4S2Si. The molecular weight excluding hydrogens is 300 g/mol. The van der Waals surface area contributed by atoms with Gasteiger partial charge in [0.1, 0.15) is 11.5 Å². The third kappa shape index (κ3) is 5.40. The lowest BCUT2D eigenvalue weighted by atomic mass is 10.1. The molecule has 106 valence electrons. The third-order valence-electron chi connectivity index (χ3n) is 2.48. The maximum atomic E-state index is 11.9. The molecule has 0 spiro atoms. The zero-order chi connectivity index (χ0) is 14.5. The summed E-state index contributed by atoms with van der Waals surface area (Å²) in [6, 6.07) is 0. The molecule has 1 rings (SSSR count). The Morgan fingerprint density at radius 1 is 1.16 bits per heavy atom. The van der Waals surface area contributed by atoms with Gasteiger partial charge in [0, 0.05) is 0 Å². The Morgan fingerprint density at radius 2 is 1.63 bits per heavy atom. The summed E-state index contributed by atoms with van der Waals surface area (Å²) in [4.78, 5) is 0. The SMILES string of the molecule is C#CC[S+]([O-])CC1(C[S+]([O-])CC#C)CO[Si](C)(C)O1. The van der Waals surface area contributed by atoms with Gasteiger partial charge in [-0.25, -0.2) is 0 Å². The predicted molar refractivity (Wildman–Crippen MR) is 80.7 cm³/mol. The highest BCUT2D eigenvalue weighted by molar-refractivity contribution is 7.92. The van der Waals surface area contributed by atoms with E-state index in [0.717, 1.165) is 0 Å². The van der Waals surface area contributed by atoms with Gasteiger partial charge in [0.05, 0.1) is 6.61 Å². The second kappa shape index (κ2) is 7.05. The summed E-state index contributed by atoms with van der Waals surface area (Å²) in [6.45, 7) is 4.12. The molecule has 7 heteroatoms. The summed E-state index contributed by atoms with van der Waals surface area (Å²) in [5.74, 6) is 5.53. The Labute approximate surface area is 122 Å². The fourth-order valence-electron chi connectivity index (χ4n) is 1.94. The van der Waals surface area contributed by atoms with Crippen LogP contribution >= 0.6 is 0 Å².